The van der Waals surface area contributed by atoms with Crippen molar-refractivity contribution in [3.63, 3.8) is 0 Å². The number of carbonyl (C=O) groups is 1. The Hall–Kier alpha value is -2.93. The van der Waals surface area contributed by atoms with E-state index in [-0.39, 0.29) is 17.6 Å². The number of aromatic nitrogens is 2. The lowest BCUT2D eigenvalue weighted by molar-refractivity contribution is -0.120. The smallest absolute Gasteiger partial charge is 0.229 e. The fourth-order valence-corrected chi connectivity index (χ4v) is 4.40. The largest absolute Gasteiger partial charge is 0.354 e. The van der Waals surface area contributed by atoms with Gasteiger partial charge in [0.1, 0.15) is 10.8 Å². The molecule has 0 saturated carbocycles. The maximum atomic E-state index is 13.4. The first kappa shape index (κ1) is 20.3. The van der Waals surface area contributed by atoms with Gasteiger partial charge >= 0.3 is 0 Å². The van der Waals surface area contributed by atoms with Crippen LogP contribution in [0.2, 0.25) is 0 Å². The molecule has 1 aromatic heterocycles. The molecule has 0 unspecified atom stereocenters. The third-order valence-corrected chi connectivity index (χ3v) is 6.06. The molecular formula is C23H23FN4OS. The van der Waals surface area contributed by atoms with E-state index in [4.69, 9.17) is 0 Å². The second kappa shape index (κ2) is 9.26. The van der Waals surface area contributed by atoms with Crippen molar-refractivity contribution in [2.24, 2.45) is 5.92 Å². The quantitative estimate of drug-likeness (QED) is 0.632. The van der Waals surface area contributed by atoms with Crippen molar-refractivity contribution in [3.05, 3.63) is 72.3 Å². The summed E-state index contributed by atoms with van der Waals surface area (Å²) < 4.78 is 13.4. The third-order valence-electron chi connectivity index (χ3n) is 5.07. The number of anilines is 2. The van der Waals surface area contributed by atoms with Crippen molar-refractivity contribution in [3.8, 4) is 0 Å². The topological polar surface area (TPSA) is 58.1 Å². The Morgan fingerprint density at radius 3 is 2.77 bits per heavy atom. The predicted octanol–water partition coefficient (Wildman–Crippen LogP) is 4.93. The highest BCUT2D eigenvalue weighted by atomic mass is 32.2. The van der Waals surface area contributed by atoms with Crippen LogP contribution in [0.3, 0.4) is 0 Å². The molecule has 0 spiro atoms. The van der Waals surface area contributed by atoms with E-state index in [1.165, 1.54) is 17.7 Å². The average Bonchev–Trinajstić information content (AvgIpc) is 2.76. The van der Waals surface area contributed by atoms with E-state index in [2.05, 4.69) is 51.4 Å². The van der Waals surface area contributed by atoms with Crippen molar-refractivity contribution in [1.29, 1.82) is 0 Å². The van der Waals surface area contributed by atoms with Crippen molar-refractivity contribution >= 4 is 29.2 Å². The zero-order chi connectivity index (χ0) is 20.9. The van der Waals surface area contributed by atoms with Crippen molar-refractivity contribution in [2.75, 3.05) is 23.3 Å². The van der Waals surface area contributed by atoms with E-state index in [0.29, 0.717) is 12.2 Å². The summed E-state index contributed by atoms with van der Waals surface area (Å²) in [5.74, 6) is 0.143. The van der Waals surface area contributed by atoms with Crippen LogP contribution in [0.1, 0.15) is 18.4 Å². The molecule has 1 amide bonds. The van der Waals surface area contributed by atoms with Crippen LogP contribution in [-0.2, 0) is 4.79 Å². The summed E-state index contributed by atoms with van der Waals surface area (Å²) >= 11 is 1.57. The standard InChI is InChI=1S/C23H23FN4OS/c1-16-7-9-20(10-8-16)30-23-21(25-11-12-26-23)28-13-3-4-17(15-28)22(29)27-19-6-2-5-18(24)14-19/h2,5-12,14,17H,3-4,13,15H2,1H3,(H,27,29)/t17-/m0/s1. The van der Waals surface area contributed by atoms with Gasteiger partial charge in [0.2, 0.25) is 5.91 Å². The monoisotopic (exact) mass is 422 g/mol. The predicted molar refractivity (Wildman–Crippen MR) is 117 cm³/mol. The SMILES string of the molecule is Cc1ccc(Sc2nccnc2N2CCC[C@H](C(=O)Nc3cccc(F)c3)C2)cc1. The Morgan fingerprint density at radius 2 is 1.97 bits per heavy atom. The molecule has 1 N–H and O–H groups in total. The number of hydrogen-bond acceptors (Lipinski definition) is 5. The van der Waals surface area contributed by atoms with Crippen LogP contribution in [0.4, 0.5) is 15.9 Å². The summed E-state index contributed by atoms with van der Waals surface area (Å²) in [4.78, 5) is 25.1. The van der Waals surface area contributed by atoms with Crippen LogP contribution in [0.15, 0.2) is 70.8 Å². The maximum Gasteiger partial charge on any atom is 0.229 e. The number of amides is 1. The molecule has 30 heavy (non-hydrogen) atoms. The van der Waals surface area contributed by atoms with Crippen molar-refractivity contribution in [1.82, 2.24) is 9.97 Å². The normalized spacial score (nSPS) is 16.3. The van der Waals surface area contributed by atoms with Gasteiger partial charge in [-0.15, -0.1) is 0 Å². The number of carbonyl (C=O) groups excluding carboxylic acids is 1. The van der Waals surface area contributed by atoms with Crippen LogP contribution in [-0.4, -0.2) is 29.0 Å². The first-order chi connectivity index (χ1) is 14.6. The number of halogens is 1. The average molecular weight is 423 g/mol. The summed E-state index contributed by atoms with van der Waals surface area (Å²) in [6.45, 7) is 3.44. The minimum atomic E-state index is -0.365. The van der Waals surface area contributed by atoms with Gasteiger partial charge in [0, 0.05) is 36.1 Å². The number of piperidine rings is 1. The van der Waals surface area contributed by atoms with E-state index in [1.54, 1.807) is 36.3 Å². The van der Waals surface area contributed by atoms with Crippen LogP contribution in [0.5, 0.6) is 0 Å². The number of hydrogen-bond donors (Lipinski definition) is 1. The zero-order valence-corrected chi connectivity index (χ0v) is 17.5. The summed E-state index contributed by atoms with van der Waals surface area (Å²) in [6.07, 6.45) is 5.05. The third kappa shape index (κ3) is 4.97. The lowest BCUT2D eigenvalue weighted by Gasteiger charge is -2.33. The van der Waals surface area contributed by atoms with Crippen LogP contribution in [0, 0.1) is 18.7 Å². The van der Waals surface area contributed by atoms with Gasteiger partial charge in [0.15, 0.2) is 5.82 Å². The highest BCUT2D eigenvalue weighted by Crippen LogP contribution is 2.34. The van der Waals surface area contributed by atoms with Gasteiger partial charge in [-0.2, -0.15) is 0 Å². The molecule has 4 rings (SSSR count). The van der Waals surface area contributed by atoms with Gasteiger partial charge < -0.3 is 10.2 Å². The highest BCUT2D eigenvalue weighted by molar-refractivity contribution is 7.99. The molecule has 1 fully saturated rings. The fraction of sp³-hybridized carbons (Fsp3) is 0.261. The van der Waals surface area contributed by atoms with E-state index >= 15 is 0 Å². The Morgan fingerprint density at radius 1 is 1.17 bits per heavy atom. The molecule has 2 heterocycles. The van der Waals surface area contributed by atoms with Crippen LogP contribution in [0.25, 0.3) is 0 Å². The molecule has 1 aliphatic heterocycles. The van der Waals surface area contributed by atoms with E-state index in [0.717, 1.165) is 35.1 Å². The first-order valence-corrected chi connectivity index (χ1v) is 10.8. The van der Waals surface area contributed by atoms with Gasteiger partial charge in [0.05, 0.1) is 5.92 Å². The molecule has 0 aliphatic carbocycles. The molecule has 1 atom stereocenters. The highest BCUT2D eigenvalue weighted by Gasteiger charge is 2.28. The van der Waals surface area contributed by atoms with Gasteiger partial charge in [-0.25, -0.2) is 14.4 Å². The number of aryl methyl sites for hydroxylation is 1. The molecule has 2 aromatic carbocycles. The van der Waals surface area contributed by atoms with Crippen molar-refractivity contribution in [2.45, 2.75) is 29.7 Å². The maximum absolute atomic E-state index is 13.4. The summed E-state index contributed by atoms with van der Waals surface area (Å²) in [5, 5.41) is 3.66. The Labute approximate surface area is 179 Å². The number of nitrogens with zero attached hydrogens (tertiary/aromatic N) is 3. The summed E-state index contributed by atoms with van der Waals surface area (Å²) in [6, 6.07) is 14.3. The van der Waals surface area contributed by atoms with Gasteiger partial charge in [-0.3, -0.25) is 4.79 Å². The molecule has 0 bridgehead atoms. The minimum absolute atomic E-state index is 0.0954. The van der Waals surface area contributed by atoms with Gasteiger partial charge in [-0.05, 0) is 50.1 Å². The van der Waals surface area contributed by atoms with Crippen LogP contribution >= 0.6 is 11.8 Å². The molecule has 1 saturated heterocycles. The lowest BCUT2D eigenvalue weighted by Crippen LogP contribution is -2.41. The fourth-order valence-electron chi connectivity index (χ4n) is 3.52. The Bertz CT molecular complexity index is 1030. The molecular weight excluding hydrogens is 399 g/mol. The zero-order valence-electron chi connectivity index (χ0n) is 16.7. The van der Waals surface area contributed by atoms with E-state index in [9.17, 15) is 9.18 Å². The molecule has 5 nitrogen and oxygen atoms in total. The number of benzene rings is 2. The van der Waals surface area contributed by atoms with Gasteiger partial charge in [-0.1, -0.05) is 35.5 Å². The van der Waals surface area contributed by atoms with Crippen molar-refractivity contribution < 1.29 is 9.18 Å². The number of nitrogens with one attached hydrogen (secondary N) is 1. The van der Waals surface area contributed by atoms with E-state index < -0.39 is 0 Å². The second-order valence-electron chi connectivity index (χ2n) is 7.38. The Kier molecular flexibility index (Phi) is 6.28. The second-order valence-corrected chi connectivity index (χ2v) is 8.45. The van der Waals surface area contributed by atoms with E-state index in [1.807, 2.05) is 0 Å². The molecule has 7 heteroatoms. The summed E-state index contributed by atoms with van der Waals surface area (Å²) in [5.41, 5.74) is 1.69. The summed E-state index contributed by atoms with van der Waals surface area (Å²) in [7, 11) is 0. The van der Waals surface area contributed by atoms with Crippen LogP contribution < -0.4 is 10.2 Å². The molecule has 3 aromatic rings. The molecule has 0 radical (unpaired) electrons. The Balaban J connectivity index is 1.48. The molecule has 154 valence electrons. The lowest BCUT2D eigenvalue weighted by atomic mass is 9.97. The number of rotatable bonds is 5. The first-order valence-electron chi connectivity index (χ1n) is 9.95. The molecule has 1 aliphatic rings. The van der Waals surface area contributed by atoms with Gasteiger partial charge in [0.25, 0.3) is 0 Å². The minimum Gasteiger partial charge on any atom is -0.354 e.